The highest BCUT2D eigenvalue weighted by atomic mass is 32.2. The standard InChI is InChI=1S/C62H69N9O15S4/c1-61(2)48-34-45(87(76)77)22-24-51(48)70(28-5-7-30-88(78,79)80)53(61)26-18-40-10-9-11-41(19-27-54-62(3,4)49-35-46(90(84,85)86)23-25-52(49)71(54)29-6-8-31-89(81,82)83)47(40)32-38-12-14-39(15-13-38)33-50(59(74)75)67-57(72)42-16-20-43(21-17-42)64-36-44-37-65-56-55(66-44)58(73)69-60(63)68-56/h12-27,34-35,37,50H,5-11,28-33,36H2,1-4H3,(H9-,63,64,65,67,68,69,72,73,74,75,76,77,78,79,80,81,82,83,84,85,86)/t50-/m0/s1. The number of nitrogens with zero attached hydrogens (tertiary/aromatic N) is 5. The predicted octanol–water partition coefficient (Wildman–Crippen LogP) is 7.42. The first-order chi connectivity index (χ1) is 42.4. The average molecular weight is 1310 g/mol. The van der Waals surface area contributed by atoms with Gasteiger partial charge < -0.3 is 30.9 Å². The van der Waals surface area contributed by atoms with Crippen LogP contribution in [0.3, 0.4) is 0 Å². The number of nitrogens with one attached hydrogen (secondary N) is 3. The lowest BCUT2D eigenvalue weighted by Crippen LogP contribution is -2.42. The first-order valence-electron chi connectivity index (χ1n) is 28.8. The van der Waals surface area contributed by atoms with Crippen molar-refractivity contribution in [2.75, 3.05) is 40.5 Å². The molecular formula is C62H69N9O15S4. The molecule has 476 valence electrons. The van der Waals surface area contributed by atoms with Gasteiger partial charge in [-0.3, -0.25) is 32.4 Å². The number of hydrogen-bond acceptors (Lipinski definition) is 17. The maximum atomic E-state index is 13.5. The summed E-state index contributed by atoms with van der Waals surface area (Å²) in [5.41, 5.74) is 13.6. The Morgan fingerprint density at radius 2 is 1.52 bits per heavy atom. The van der Waals surface area contributed by atoms with E-state index in [1.54, 1.807) is 42.5 Å². The number of H-pyrrole nitrogens is 1. The van der Waals surface area contributed by atoms with Gasteiger partial charge in [-0.15, -0.1) is 0 Å². The molecular weight excluding hydrogens is 1240 g/mol. The summed E-state index contributed by atoms with van der Waals surface area (Å²) in [5.74, 6) is -2.83. The Balaban J connectivity index is 1.02. The number of carbonyl (C=O) groups excluding carboxylic acids is 1. The van der Waals surface area contributed by atoms with Crippen molar-refractivity contribution in [3.63, 3.8) is 0 Å². The van der Waals surface area contributed by atoms with Crippen LogP contribution < -0.4 is 26.8 Å². The van der Waals surface area contributed by atoms with E-state index in [-0.39, 0.29) is 58.3 Å². The van der Waals surface area contributed by atoms with Crippen molar-refractivity contribution < 1.29 is 66.9 Å². The number of aromatic nitrogens is 4. The van der Waals surface area contributed by atoms with Crippen molar-refractivity contribution in [2.45, 2.75) is 119 Å². The van der Waals surface area contributed by atoms with Gasteiger partial charge in [0.2, 0.25) is 11.6 Å². The van der Waals surface area contributed by atoms with Gasteiger partial charge in [0.15, 0.2) is 16.9 Å². The highest BCUT2D eigenvalue weighted by molar-refractivity contribution is 7.86. The summed E-state index contributed by atoms with van der Waals surface area (Å²) in [6, 6.07) is 21.7. The minimum Gasteiger partial charge on any atom is -0.768 e. The lowest BCUT2D eigenvalue weighted by atomic mass is 9.80. The third-order valence-corrected chi connectivity index (χ3v) is 19.5. The molecule has 4 aromatic carbocycles. The van der Waals surface area contributed by atoms with Crippen LogP contribution >= 0.6 is 0 Å². The molecule has 0 fully saturated rings. The van der Waals surface area contributed by atoms with Crippen molar-refractivity contribution in [3.8, 4) is 0 Å². The summed E-state index contributed by atoms with van der Waals surface area (Å²) < 4.78 is 127. The lowest BCUT2D eigenvalue weighted by molar-refractivity contribution is -0.438. The number of rotatable bonds is 25. The summed E-state index contributed by atoms with van der Waals surface area (Å²) in [6.45, 7) is 8.63. The number of benzene rings is 4. The van der Waals surface area contributed by atoms with E-state index in [0.717, 1.165) is 51.4 Å². The predicted molar refractivity (Wildman–Crippen MR) is 339 cm³/mol. The van der Waals surface area contributed by atoms with Crippen molar-refractivity contribution >= 4 is 93.2 Å². The molecule has 0 radical (unpaired) electrons. The number of aromatic amines is 1. The van der Waals surface area contributed by atoms with E-state index in [1.807, 2.05) is 73.6 Å². The Hall–Kier alpha value is -8.09. The molecule has 0 spiro atoms. The molecule has 2 aliphatic heterocycles. The minimum absolute atomic E-state index is 0.0236. The summed E-state index contributed by atoms with van der Waals surface area (Å²) in [5, 5.41) is 16.2. The van der Waals surface area contributed by atoms with Gasteiger partial charge in [0.25, 0.3) is 41.8 Å². The highest BCUT2D eigenvalue weighted by Crippen LogP contribution is 2.49. The Labute approximate surface area is 523 Å². The largest absolute Gasteiger partial charge is 0.768 e. The first kappa shape index (κ1) is 66.3. The zero-order chi connectivity index (χ0) is 65.1. The molecule has 9 rings (SSSR count). The molecule has 1 unspecified atom stereocenters. The summed E-state index contributed by atoms with van der Waals surface area (Å²) in [7, 11) is -13.1. The van der Waals surface area contributed by atoms with Gasteiger partial charge in [0.05, 0.1) is 40.3 Å². The highest BCUT2D eigenvalue weighted by Gasteiger charge is 2.45. The monoisotopic (exact) mass is 1310 g/mol. The number of aliphatic carboxylic acids is 1. The zero-order valence-corrected chi connectivity index (χ0v) is 52.9. The Bertz CT molecular complexity index is 4430. The van der Waals surface area contributed by atoms with Gasteiger partial charge >= 0.3 is 5.97 Å². The number of carbonyl (C=O) groups is 2. The molecule has 90 heavy (non-hydrogen) atoms. The van der Waals surface area contributed by atoms with Gasteiger partial charge in [-0.1, -0.05) is 50.3 Å². The molecule has 1 aliphatic carbocycles. The second-order valence-corrected chi connectivity index (χ2v) is 28.9. The van der Waals surface area contributed by atoms with E-state index >= 15 is 0 Å². The molecule has 24 nitrogen and oxygen atoms in total. The van der Waals surface area contributed by atoms with Crippen molar-refractivity contribution in [1.82, 2.24) is 25.3 Å². The van der Waals surface area contributed by atoms with E-state index in [4.69, 9.17) is 5.73 Å². The number of carboxylic acids is 1. The van der Waals surface area contributed by atoms with Gasteiger partial charge in [-0.2, -0.15) is 34.8 Å². The minimum atomic E-state index is -4.59. The topological polar surface area (TPSA) is 385 Å². The van der Waals surface area contributed by atoms with Crippen LogP contribution in [0, 0.1) is 0 Å². The number of anilines is 3. The number of amides is 1. The molecule has 9 N–H and O–H groups in total. The van der Waals surface area contributed by atoms with E-state index < -0.39 is 87.2 Å². The fraction of sp³-hybridized carbons (Fsp3) is 0.339. The van der Waals surface area contributed by atoms with Gasteiger partial charge in [0.1, 0.15) is 12.6 Å². The number of allylic oxidation sites excluding steroid dienone is 8. The normalized spacial score (nSPS) is 17.3. The Morgan fingerprint density at radius 1 is 0.833 bits per heavy atom. The van der Waals surface area contributed by atoms with E-state index in [0.29, 0.717) is 73.4 Å². The number of nitrogen functional groups attached to an aromatic ring is 1. The van der Waals surface area contributed by atoms with Crippen molar-refractivity contribution in [1.29, 1.82) is 0 Å². The summed E-state index contributed by atoms with van der Waals surface area (Å²) in [6.07, 6.45) is 12.8. The molecule has 1 amide bonds. The third-order valence-electron chi connectivity index (χ3n) is 16.4. The molecule has 6 aromatic rings. The van der Waals surface area contributed by atoms with Crippen LogP contribution in [-0.4, -0.2) is 126 Å². The molecule has 3 aliphatic rings. The van der Waals surface area contributed by atoms with Gasteiger partial charge in [0, 0.05) is 70.0 Å². The molecule has 0 saturated carbocycles. The average Bonchev–Trinajstić information content (AvgIpc) is 1.60. The van der Waals surface area contributed by atoms with Crippen LogP contribution in [-0.2, 0) is 76.4 Å². The first-order valence-corrected chi connectivity index (χ1v) is 34.6. The number of hydrogen-bond donors (Lipinski definition) is 8. The number of carboxylic acid groups (broad SMARTS) is 1. The van der Waals surface area contributed by atoms with Crippen molar-refractivity contribution in [3.05, 3.63) is 182 Å². The Kier molecular flexibility index (Phi) is 19.7. The van der Waals surface area contributed by atoms with Crippen LogP contribution in [0.4, 0.5) is 23.0 Å². The zero-order valence-electron chi connectivity index (χ0n) is 49.7. The number of fused-ring (bicyclic) bond motifs is 3. The quantitative estimate of drug-likeness (QED) is 0.0120. The van der Waals surface area contributed by atoms with Gasteiger partial charge in [-0.25, -0.2) is 14.8 Å². The second kappa shape index (κ2) is 26.8. The van der Waals surface area contributed by atoms with Gasteiger partial charge in [-0.05, 0) is 164 Å². The summed E-state index contributed by atoms with van der Waals surface area (Å²) >= 11 is -2.52. The molecule has 2 atom stereocenters. The third kappa shape index (κ3) is 15.7. The molecule has 0 bridgehead atoms. The fourth-order valence-corrected chi connectivity index (χ4v) is 13.8. The Morgan fingerprint density at radius 3 is 2.19 bits per heavy atom. The number of unbranched alkanes of at least 4 members (excludes halogenated alkanes) is 2. The fourth-order valence-electron chi connectivity index (χ4n) is 11.8. The summed E-state index contributed by atoms with van der Waals surface area (Å²) in [4.78, 5) is 55.3. The maximum Gasteiger partial charge on any atom is 0.326 e. The van der Waals surface area contributed by atoms with Crippen LogP contribution in [0.15, 0.2) is 152 Å². The lowest BCUT2D eigenvalue weighted by Gasteiger charge is -2.28. The SMILES string of the molecule is CC1(C)C(=CC=C2CCCC(C=CC3=[N+](CCCCS(=O)(=O)O)c4ccc(S(=O)(=O)O)cc4C3(C)C)=C2Cc2ccc(C[C@H](NC(=O)c3ccc(NCc4cnc5nc(N)[nH]c(=O)c5n4)cc3)C(=O)O)cc2)N(CCCCS(=O)(=O)O)c2ccc(S(=O)[O-])cc21. The van der Waals surface area contributed by atoms with Crippen LogP contribution in [0.5, 0.6) is 0 Å². The van der Waals surface area contributed by atoms with Crippen LogP contribution in [0.1, 0.15) is 111 Å². The molecule has 4 heterocycles. The van der Waals surface area contributed by atoms with E-state index in [2.05, 4.69) is 30.6 Å². The maximum absolute atomic E-state index is 13.5. The molecule has 28 heteroatoms. The molecule has 0 saturated heterocycles. The van der Waals surface area contributed by atoms with Crippen LogP contribution in [0.2, 0.25) is 0 Å². The number of nitrogens with two attached hydrogens (primary N) is 1. The molecule has 2 aromatic heterocycles. The smallest absolute Gasteiger partial charge is 0.326 e. The van der Waals surface area contributed by atoms with Crippen molar-refractivity contribution in [2.24, 2.45) is 0 Å². The second-order valence-electron chi connectivity index (χ2n) is 23.4. The van der Waals surface area contributed by atoms with E-state index in [1.165, 1.54) is 36.5 Å². The van der Waals surface area contributed by atoms with Crippen LogP contribution in [0.25, 0.3) is 11.2 Å². The van der Waals surface area contributed by atoms with E-state index in [9.17, 15) is 67.2 Å².